The maximum Gasteiger partial charge on any atom is 0.263 e. The van der Waals surface area contributed by atoms with Gasteiger partial charge in [0.2, 0.25) is 0 Å². The van der Waals surface area contributed by atoms with Gasteiger partial charge in [-0.05, 0) is 29.8 Å². The lowest BCUT2D eigenvalue weighted by atomic mass is 10.1. The number of thiazole rings is 1. The fourth-order valence-electron chi connectivity index (χ4n) is 2.06. The number of pyridine rings is 1. The van der Waals surface area contributed by atoms with E-state index in [2.05, 4.69) is 15.3 Å². The highest BCUT2D eigenvalue weighted by atomic mass is 35.5. The van der Waals surface area contributed by atoms with E-state index in [9.17, 15) is 9.59 Å². The highest BCUT2D eigenvalue weighted by Crippen LogP contribution is 2.22. The van der Waals surface area contributed by atoms with Crippen LogP contribution in [0.25, 0.3) is 0 Å². The van der Waals surface area contributed by atoms with Gasteiger partial charge in [0.05, 0.1) is 0 Å². The fraction of sp³-hybridized carbons (Fsp3) is 0.0625. The molecule has 0 fully saturated rings. The van der Waals surface area contributed by atoms with Crippen molar-refractivity contribution >= 4 is 34.0 Å². The lowest BCUT2D eigenvalue weighted by Crippen LogP contribution is -2.22. The van der Waals surface area contributed by atoms with Crippen molar-refractivity contribution < 1.29 is 4.79 Å². The van der Waals surface area contributed by atoms with Gasteiger partial charge in [-0.1, -0.05) is 23.7 Å². The van der Waals surface area contributed by atoms with Crippen LogP contribution in [0, 0.1) is 0 Å². The molecule has 3 rings (SSSR count). The molecule has 2 aromatic heterocycles. The molecule has 0 aliphatic carbocycles. The second-order valence-corrected chi connectivity index (χ2v) is 6.36. The summed E-state index contributed by atoms with van der Waals surface area (Å²) in [4.78, 5) is 31.3. The van der Waals surface area contributed by atoms with Crippen molar-refractivity contribution in [2.45, 2.75) is 6.42 Å². The van der Waals surface area contributed by atoms with Crippen LogP contribution in [0.4, 0.5) is 5.13 Å². The molecule has 0 bridgehead atoms. The second-order valence-electron chi connectivity index (χ2n) is 4.81. The molecule has 0 aliphatic rings. The van der Waals surface area contributed by atoms with E-state index in [-0.39, 0.29) is 5.56 Å². The number of carbonyl (C=O) groups excluding carboxylic acids is 1. The molecule has 1 aromatic carbocycles. The van der Waals surface area contributed by atoms with Gasteiger partial charge in [0.1, 0.15) is 5.56 Å². The Kier molecular flexibility index (Phi) is 4.55. The smallest absolute Gasteiger partial charge is 0.263 e. The Balaban J connectivity index is 1.71. The third kappa shape index (κ3) is 3.85. The number of carbonyl (C=O) groups is 1. The number of nitrogens with zero attached hydrogens (tertiary/aromatic N) is 1. The summed E-state index contributed by atoms with van der Waals surface area (Å²) >= 11 is 7.33. The van der Waals surface area contributed by atoms with Gasteiger partial charge in [0.15, 0.2) is 5.13 Å². The molecule has 0 spiro atoms. The predicted octanol–water partition coefficient (Wildman–Crippen LogP) is 3.33. The molecule has 0 unspecified atom stereocenters. The number of benzene rings is 1. The zero-order chi connectivity index (χ0) is 16.2. The average Bonchev–Trinajstić information content (AvgIpc) is 2.94. The number of aromatic nitrogens is 2. The lowest BCUT2D eigenvalue weighted by Gasteiger charge is -2.00. The van der Waals surface area contributed by atoms with Crippen molar-refractivity contribution in [3.05, 3.63) is 80.2 Å². The molecule has 5 nitrogen and oxygen atoms in total. The highest BCUT2D eigenvalue weighted by Gasteiger charge is 2.12. The number of halogens is 1. The summed E-state index contributed by atoms with van der Waals surface area (Å²) in [6.07, 6.45) is 3.86. The van der Waals surface area contributed by atoms with Gasteiger partial charge in [-0.25, -0.2) is 4.98 Å². The average molecular weight is 346 g/mol. The van der Waals surface area contributed by atoms with Crippen LogP contribution in [0.5, 0.6) is 0 Å². The van der Waals surface area contributed by atoms with Crippen LogP contribution in [0.2, 0.25) is 5.02 Å². The first-order chi connectivity index (χ1) is 11.1. The van der Waals surface area contributed by atoms with Crippen molar-refractivity contribution in [3.63, 3.8) is 0 Å². The van der Waals surface area contributed by atoms with Crippen LogP contribution in [0.1, 0.15) is 20.8 Å². The van der Waals surface area contributed by atoms with E-state index >= 15 is 0 Å². The number of H-pyrrole nitrogens is 1. The molecule has 2 heterocycles. The van der Waals surface area contributed by atoms with Crippen LogP contribution in [0.15, 0.2) is 53.6 Å². The number of nitrogens with one attached hydrogen (secondary N) is 2. The molecule has 7 heteroatoms. The monoisotopic (exact) mass is 345 g/mol. The molecule has 2 N–H and O–H groups in total. The van der Waals surface area contributed by atoms with Crippen LogP contribution in [0.3, 0.4) is 0 Å². The number of anilines is 1. The minimum Gasteiger partial charge on any atom is -0.328 e. The highest BCUT2D eigenvalue weighted by molar-refractivity contribution is 7.15. The summed E-state index contributed by atoms with van der Waals surface area (Å²) in [6.45, 7) is 0. The summed E-state index contributed by atoms with van der Waals surface area (Å²) in [5.41, 5.74) is 0.693. The van der Waals surface area contributed by atoms with Gasteiger partial charge in [-0.15, -0.1) is 11.3 Å². The Morgan fingerprint density at radius 2 is 2.17 bits per heavy atom. The van der Waals surface area contributed by atoms with Crippen LogP contribution < -0.4 is 10.9 Å². The van der Waals surface area contributed by atoms with Gasteiger partial charge >= 0.3 is 0 Å². The SMILES string of the molecule is O=C(Nc1ncc(Cc2cccc(Cl)c2)s1)c1ccc[nH]c1=O. The van der Waals surface area contributed by atoms with E-state index in [1.807, 2.05) is 24.3 Å². The summed E-state index contributed by atoms with van der Waals surface area (Å²) < 4.78 is 0. The first-order valence-corrected chi connectivity index (χ1v) is 7.99. The molecular formula is C16H12ClN3O2S. The Bertz CT molecular complexity index is 904. The topological polar surface area (TPSA) is 74.8 Å². The van der Waals surface area contributed by atoms with Crippen molar-refractivity contribution in [3.8, 4) is 0 Å². The molecular weight excluding hydrogens is 334 g/mol. The van der Waals surface area contributed by atoms with Crippen molar-refractivity contribution in [2.75, 3.05) is 5.32 Å². The number of amides is 1. The van der Waals surface area contributed by atoms with Crippen LogP contribution in [-0.4, -0.2) is 15.9 Å². The summed E-state index contributed by atoms with van der Waals surface area (Å²) in [5.74, 6) is -0.476. The molecule has 3 aromatic rings. The van der Waals surface area contributed by atoms with Gasteiger partial charge < -0.3 is 4.98 Å². The van der Waals surface area contributed by atoms with Crippen molar-refractivity contribution in [1.82, 2.24) is 9.97 Å². The molecule has 0 saturated heterocycles. The van der Waals surface area contributed by atoms with Gasteiger partial charge in [0.25, 0.3) is 11.5 Å². The van der Waals surface area contributed by atoms with Crippen LogP contribution >= 0.6 is 22.9 Å². The minimum absolute atomic E-state index is 0.0547. The molecule has 0 radical (unpaired) electrons. The first-order valence-electron chi connectivity index (χ1n) is 6.80. The molecule has 1 amide bonds. The normalized spacial score (nSPS) is 10.5. The summed E-state index contributed by atoms with van der Waals surface area (Å²) in [7, 11) is 0. The minimum atomic E-state index is -0.476. The second kappa shape index (κ2) is 6.76. The largest absolute Gasteiger partial charge is 0.328 e. The molecule has 116 valence electrons. The van der Waals surface area contributed by atoms with Gasteiger partial charge in [0, 0.05) is 28.7 Å². The predicted molar refractivity (Wildman–Crippen MR) is 91.4 cm³/mol. The Morgan fingerprint density at radius 1 is 1.30 bits per heavy atom. The van der Waals surface area contributed by atoms with Gasteiger partial charge in [-0.2, -0.15) is 0 Å². The molecule has 23 heavy (non-hydrogen) atoms. The van der Waals surface area contributed by atoms with Gasteiger partial charge in [-0.3, -0.25) is 14.9 Å². The zero-order valence-electron chi connectivity index (χ0n) is 11.9. The van der Waals surface area contributed by atoms with Crippen molar-refractivity contribution in [2.24, 2.45) is 0 Å². The lowest BCUT2D eigenvalue weighted by molar-refractivity contribution is 0.102. The van der Waals surface area contributed by atoms with E-state index in [1.54, 1.807) is 12.3 Å². The first kappa shape index (κ1) is 15.5. The third-order valence-electron chi connectivity index (χ3n) is 3.10. The van der Waals surface area contributed by atoms with E-state index in [0.717, 1.165) is 10.4 Å². The fourth-order valence-corrected chi connectivity index (χ4v) is 3.11. The Labute approximate surface area is 141 Å². The van der Waals surface area contributed by atoms with Crippen LogP contribution in [-0.2, 0) is 6.42 Å². The number of hydrogen-bond donors (Lipinski definition) is 2. The number of hydrogen-bond acceptors (Lipinski definition) is 4. The Morgan fingerprint density at radius 3 is 2.96 bits per heavy atom. The van der Waals surface area contributed by atoms with E-state index in [1.165, 1.54) is 23.6 Å². The molecule has 0 saturated carbocycles. The zero-order valence-corrected chi connectivity index (χ0v) is 13.4. The third-order valence-corrected chi connectivity index (χ3v) is 4.25. The van der Waals surface area contributed by atoms with E-state index in [4.69, 9.17) is 11.6 Å². The standard InChI is InChI=1S/C16H12ClN3O2S/c17-11-4-1-3-10(7-11)8-12-9-19-16(23-12)20-15(22)13-5-2-6-18-14(13)21/h1-7,9H,8H2,(H,18,21)(H,19,20,22). The van der Waals surface area contributed by atoms with E-state index in [0.29, 0.717) is 16.6 Å². The van der Waals surface area contributed by atoms with Crippen molar-refractivity contribution in [1.29, 1.82) is 0 Å². The quantitative estimate of drug-likeness (QED) is 0.761. The molecule has 0 atom stereocenters. The number of rotatable bonds is 4. The summed E-state index contributed by atoms with van der Waals surface area (Å²) in [6, 6.07) is 10.7. The maximum absolute atomic E-state index is 12.1. The summed E-state index contributed by atoms with van der Waals surface area (Å²) in [5, 5.41) is 3.78. The number of aromatic amines is 1. The maximum atomic E-state index is 12.1. The molecule has 0 aliphatic heterocycles. The van der Waals surface area contributed by atoms with E-state index < -0.39 is 11.5 Å². The Hall–Kier alpha value is -2.44.